The fourth-order valence-electron chi connectivity index (χ4n) is 1.33. The summed E-state index contributed by atoms with van der Waals surface area (Å²) < 4.78 is 4.61. The highest BCUT2D eigenvalue weighted by Crippen LogP contribution is 2.05. The van der Waals surface area contributed by atoms with E-state index in [1.165, 1.54) is 14.0 Å². The van der Waals surface area contributed by atoms with Gasteiger partial charge in [0, 0.05) is 6.92 Å². The van der Waals surface area contributed by atoms with Gasteiger partial charge < -0.3 is 10.1 Å². The van der Waals surface area contributed by atoms with Gasteiger partial charge in [0.25, 0.3) is 0 Å². The molecule has 1 atom stereocenters. The van der Waals surface area contributed by atoms with Crippen LogP contribution in [0.15, 0.2) is 18.4 Å². The minimum Gasteiger partial charge on any atom is -0.467 e. The van der Waals surface area contributed by atoms with Crippen LogP contribution in [0.25, 0.3) is 0 Å². The third kappa shape index (κ3) is 6.85. The van der Waals surface area contributed by atoms with Crippen LogP contribution in [0.2, 0.25) is 0 Å². The van der Waals surface area contributed by atoms with Crippen LogP contribution in [0, 0.1) is 0 Å². The molecule has 90 valence electrons. The number of hydrogen-bond acceptors (Lipinski definition) is 3. The molecule has 0 rings (SSSR count). The Morgan fingerprint density at radius 1 is 1.50 bits per heavy atom. The van der Waals surface area contributed by atoms with Crippen molar-refractivity contribution >= 4 is 11.9 Å². The van der Waals surface area contributed by atoms with Crippen LogP contribution >= 0.6 is 0 Å². The van der Waals surface area contributed by atoms with Crippen LogP contribution in [0.5, 0.6) is 0 Å². The van der Waals surface area contributed by atoms with E-state index in [4.69, 9.17) is 0 Å². The highest BCUT2D eigenvalue weighted by atomic mass is 16.5. The zero-order valence-corrected chi connectivity index (χ0v) is 9.91. The molecule has 0 aromatic carbocycles. The molecule has 0 spiro atoms. The highest BCUT2D eigenvalue weighted by molar-refractivity contribution is 5.83. The molecule has 4 heteroatoms. The summed E-state index contributed by atoms with van der Waals surface area (Å²) in [6, 6.07) is -0.532. The molecule has 1 amide bonds. The van der Waals surface area contributed by atoms with Crippen LogP contribution in [-0.4, -0.2) is 25.0 Å². The fraction of sp³-hybridized carbons (Fsp3) is 0.583. The summed E-state index contributed by atoms with van der Waals surface area (Å²) in [5.74, 6) is -0.615. The quantitative estimate of drug-likeness (QED) is 0.406. The number of rotatable bonds is 7. The molecule has 0 aliphatic carbocycles. The lowest BCUT2D eigenvalue weighted by molar-refractivity contribution is -0.145. The lowest BCUT2D eigenvalue weighted by Crippen LogP contribution is -2.40. The van der Waals surface area contributed by atoms with Crippen molar-refractivity contribution in [3.05, 3.63) is 18.4 Å². The second-order valence-electron chi connectivity index (χ2n) is 3.47. The topological polar surface area (TPSA) is 55.4 Å². The molecule has 0 heterocycles. The van der Waals surface area contributed by atoms with E-state index in [9.17, 15) is 9.59 Å². The average Bonchev–Trinajstić information content (AvgIpc) is 2.25. The van der Waals surface area contributed by atoms with Gasteiger partial charge in [-0.15, -0.1) is 5.73 Å². The minimum atomic E-state index is -0.532. The number of esters is 1. The number of unbranched alkanes of at least 4 members (excludes halogenated alkanes) is 2. The van der Waals surface area contributed by atoms with Crippen LogP contribution < -0.4 is 5.32 Å². The van der Waals surface area contributed by atoms with Gasteiger partial charge in [0.05, 0.1) is 7.11 Å². The van der Waals surface area contributed by atoms with Gasteiger partial charge in [-0.05, 0) is 25.3 Å². The number of methoxy groups -OCH3 is 1. The van der Waals surface area contributed by atoms with Crippen molar-refractivity contribution in [2.24, 2.45) is 0 Å². The van der Waals surface area contributed by atoms with E-state index in [1.54, 1.807) is 0 Å². The van der Waals surface area contributed by atoms with Crippen LogP contribution in [-0.2, 0) is 14.3 Å². The zero-order valence-electron chi connectivity index (χ0n) is 9.91. The van der Waals surface area contributed by atoms with Crippen molar-refractivity contribution in [1.29, 1.82) is 0 Å². The average molecular weight is 225 g/mol. The summed E-state index contributed by atoms with van der Waals surface area (Å²) in [5, 5.41) is 2.57. The molecule has 0 radical (unpaired) electrons. The lowest BCUT2D eigenvalue weighted by atomic mass is 10.1. The summed E-state index contributed by atoms with van der Waals surface area (Å²) in [7, 11) is 1.32. The maximum absolute atomic E-state index is 11.3. The smallest absolute Gasteiger partial charge is 0.328 e. The number of ether oxygens (including phenoxy) is 1. The van der Waals surface area contributed by atoms with Crippen molar-refractivity contribution in [3.63, 3.8) is 0 Å². The first-order valence-corrected chi connectivity index (χ1v) is 5.31. The first kappa shape index (κ1) is 14.5. The Bertz CT molecular complexity index is 280. The number of amides is 1. The molecule has 0 bridgehead atoms. The summed E-state index contributed by atoms with van der Waals surface area (Å²) >= 11 is 0. The van der Waals surface area contributed by atoms with E-state index in [2.05, 4.69) is 22.4 Å². The summed E-state index contributed by atoms with van der Waals surface area (Å²) in [6.45, 7) is 4.85. The van der Waals surface area contributed by atoms with Crippen molar-refractivity contribution in [2.75, 3.05) is 7.11 Å². The van der Waals surface area contributed by atoms with Gasteiger partial charge in [0.15, 0.2) is 0 Å². The Hall–Kier alpha value is -1.54. The molecule has 16 heavy (non-hydrogen) atoms. The number of carbonyl (C=O) groups excluding carboxylic acids is 2. The van der Waals surface area contributed by atoms with E-state index in [0.717, 1.165) is 19.3 Å². The maximum Gasteiger partial charge on any atom is 0.328 e. The largest absolute Gasteiger partial charge is 0.467 e. The predicted octanol–water partition coefficient (Wildman–Crippen LogP) is 1.57. The highest BCUT2D eigenvalue weighted by Gasteiger charge is 2.18. The Labute approximate surface area is 96.4 Å². The van der Waals surface area contributed by atoms with Gasteiger partial charge in [-0.25, -0.2) is 4.79 Å². The monoisotopic (exact) mass is 225 g/mol. The zero-order chi connectivity index (χ0) is 12.4. The van der Waals surface area contributed by atoms with Gasteiger partial charge in [-0.3, -0.25) is 4.79 Å². The molecular formula is C12H19NO3. The Morgan fingerprint density at radius 2 is 2.19 bits per heavy atom. The molecular weight excluding hydrogens is 206 g/mol. The van der Waals surface area contributed by atoms with E-state index in [1.807, 2.05) is 6.08 Å². The molecule has 0 saturated heterocycles. The Kier molecular flexibility index (Phi) is 7.90. The lowest BCUT2D eigenvalue weighted by Gasteiger charge is -2.14. The van der Waals surface area contributed by atoms with Crippen molar-refractivity contribution < 1.29 is 14.3 Å². The third-order valence-electron chi connectivity index (χ3n) is 2.10. The van der Waals surface area contributed by atoms with Gasteiger partial charge in [0.1, 0.15) is 6.04 Å². The van der Waals surface area contributed by atoms with Gasteiger partial charge in [-0.2, -0.15) is 0 Å². The SMILES string of the molecule is C=C=CCCCCC(NC(C)=O)C(=O)OC. The normalized spacial score (nSPS) is 11.1. The molecule has 4 nitrogen and oxygen atoms in total. The molecule has 0 saturated carbocycles. The first-order chi connectivity index (χ1) is 7.61. The molecule has 1 unspecified atom stereocenters. The van der Waals surface area contributed by atoms with E-state index < -0.39 is 12.0 Å². The van der Waals surface area contributed by atoms with Crippen molar-refractivity contribution in [3.8, 4) is 0 Å². The van der Waals surface area contributed by atoms with Gasteiger partial charge in [0.2, 0.25) is 5.91 Å². The fourth-order valence-corrected chi connectivity index (χ4v) is 1.33. The molecule has 0 aromatic heterocycles. The van der Waals surface area contributed by atoms with Crippen LogP contribution in [0.4, 0.5) is 0 Å². The summed E-state index contributed by atoms with van der Waals surface area (Å²) in [4.78, 5) is 22.2. The second-order valence-corrected chi connectivity index (χ2v) is 3.47. The van der Waals surface area contributed by atoms with Crippen molar-refractivity contribution in [1.82, 2.24) is 5.32 Å². The van der Waals surface area contributed by atoms with E-state index >= 15 is 0 Å². The predicted molar refractivity (Wildman–Crippen MR) is 61.8 cm³/mol. The van der Waals surface area contributed by atoms with Crippen LogP contribution in [0.3, 0.4) is 0 Å². The molecule has 1 N–H and O–H groups in total. The minimum absolute atomic E-state index is 0.221. The standard InChI is InChI=1S/C12H19NO3/c1-4-5-6-7-8-9-11(12(15)16-3)13-10(2)14/h5,11H,1,6-9H2,2-3H3,(H,13,14). The Balaban J connectivity index is 3.96. The summed E-state index contributed by atoms with van der Waals surface area (Å²) in [6.07, 6.45) is 5.12. The Morgan fingerprint density at radius 3 is 2.69 bits per heavy atom. The number of carbonyl (C=O) groups is 2. The number of hydrogen-bond donors (Lipinski definition) is 1. The van der Waals surface area contributed by atoms with E-state index in [-0.39, 0.29) is 5.91 Å². The molecule has 0 aliphatic rings. The van der Waals surface area contributed by atoms with Gasteiger partial charge >= 0.3 is 5.97 Å². The van der Waals surface area contributed by atoms with Crippen LogP contribution in [0.1, 0.15) is 32.6 Å². The molecule has 0 fully saturated rings. The number of allylic oxidation sites excluding steroid dienone is 1. The second kappa shape index (κ2) is 8.74. The molecule has 0 aliphatic heterocycles. The van der Waals surface area contributed by atoms with Crippen molar-refractivity contribution in [2.45, 2.75) is 38.6 Å². The first-order valence-electron chi connectivity index (χ1n) is 5.31. The third-order valence-corrected chi connectivity index (χ3v) is 2.10. The summed E-state index contributed by atoms with van der Waals surface area (Å²) in [5.41, 5.74) is 2.69. The maximum atomic E-state index is 11.3. The van der Waals surface area contributed by atoms with E-state index in [0.29, 0.717) is 6.42 Å². The van der Waals surface area contributed by atoms with Gasteiger partial charge in [-0.1, -0.05) is 13.0 Å². The molecule has 0 aromatic rings. The number of nitrogens with one attached hydrogen (secondary N) is 1.